The Kier molecular flexibility index (Phi) is 2.25. The molecule has 1 amide bonds. The Morgan fingerprint density at radius 1 is 1.04 bits per heavy atom. The molecule has 5 rings (SSSR count). The number of rotatable bonds is 0. The first kappa shape index (κ1) is 12.6. The molecule has 3 heterocycles. The molecule has 1 unspecified atom stereocenters. The first-order valence-electron chi connectivity index (χ1n) is 7.41. The van der Waals surface area contributed by atoms with Gasteiger partial charge in [0.05, 0.1) is 0 Å². The molecule has 0 fully saturated rings. The van der Waals surface area contributed by atoms with Crippen LogP contribution in [0.3, 0.4) is 0 Å². The Morgan fingerprint density at radius 2 is 1.83 bits per heavy atom. The number of hydrogen-bond donors (Lipinski definition) is 2. The number of ether oxygens (including phenoxy) is 3. The maximum Gasteiger partial charge on any atom is 0.243 e. The van der Waals surface area contributed by atoms with Crippen molar-refractivity contribution in [2.75, 3.05) is 25.1 Å². The second-order valence-corrected chi connectivity index (χ2v) is 5.84. The predicted molar refractivity (Wildman–Crippen MR) is 80.4 cm³/mol. The number of phenolic OH excluding ortho intramolecular Hbond substituents is 1. The van der Waals surface area contributed by atoms with E-state index in [1.54, 1.807) is 30.3 Å². The third-order valence-electron chi connectivity index (χ3n) is 4.65. The summed E-state index contributed by atoms with van der Waals surface area (Å²) in [6, 6.07) is 8.60. The lowest BCUT2D eigenvalue weighted by molar-refractivity contribution is -0.119. The maximum atomic E-state index is 12.8. The first-order chi connectivity index (χ1) is 11.2. The van der Waals surface area contributed by atoms with E-state index in [2.05, 4.69) is 5.32 Å². The lowest BCUT2D eigenvalue weighted by Gasteiger charge is -2.23. The smallest absolute Gasteiger partial charge is 0.243 e. The van der Waals surface area contributed by atoms with E-state index in [9.17, 15) is 9.90 Å². The standard InChI is InChI=1S/C17H13NO5/c19-11-3-1-2-10-15(11)17(16(20)18-10)8-23-12-7-14-13(6-9(12)17)21-4-5-22-14/h1-3,6-7,19H,4-5,8H2,(H,18,20). The number of carbonyl (C=O) groups excluding carboxylic acids is 1. The van der Waals surface area contributed by atoms with E-state index in [1.807, 2.05) is 0 Å². The van der Waals surface area contributed by atoms with Crippen molar-refractivity contribution in [3.63, 3.8) is 0 Å². The quantitative estimate of drug-likeness (QED) is 0.776. The summed E-state index contributed by atoms with van der Waals surface area (Å²) in [5, 5.41) is 13.2. The molecule has 1 atom stereocenters. The number of nitrogens with one attached hydrogen (secondary N) is 1. The summed E-state index contributed by atoms with van der Waals surface area (Å²) >= 11 is 0. The zero-order valence-corrected chi connectivity index (χ0v) is 12.1. The average Bonchev–Trinajstić information content (AvgIpc) is 3.06. The van der Waals surface area contributed by atoms with E-state index in [1.165, 1.54) is 0 Å². The molecule has 6 nitrogen and oxygen atoms in total. The third kappa shape index (κ3) is 1.45. The van der Waals surface area contributed by atoms with Crippen molar-refractivity contribution in [3.05, 3.63) is 41.5 Å². The van der Waals surface area contributed by atoms with Gasteiger partial charge in [-0.2, -0.15) is 0 Å². The van der Waals surface area contributed by atoms with Gasteiger partial charge < -0.3 is 24.6 Å². The summed E-state index contributed by atoms with van der Waals surface area (Å²) in [5.41, 5.74) is 0.813. The molecule has 2 aromatic rings. The van der Waals surface area contributed by atoms with E-state index in [4.69, 9.17) is 14.2 Å². The van der Waals surface area contributed by atoms with Crippen molar-refractivity contribution in [1.29, 1.82) is 0 Å². The van der Waals surface area contributed by atoms with Gasteiger partial charge in [0.1, 0.15) is 36.7 Å². The van der Waals surface area contributed by atoms with Crippen LogP contribution >= 0.6 is 0 Å². The average molecular weight is 311 g/mol. The van der Waals surface area contributed by atoms with Crippen LogP contribution in [0.4, 0.5) is 5.69 Å². The fourth-order valence-electron chi connectivity index (χ4n) is 3.62. The highest BCUT2D eigenvalue weighted by Crippen LogP contribution is 2.55. The Labute approximate surface area is 131 Å². The second kappa shape index (κ2) is 4.10. The summed E-state index contributed by atoms with van der Waals surface area (Å²) in [6.07, 6.45) is 0. The maximum absolute atomic E-state index is 12.8. The van der Waals surface area contributed by atoms with E-state index in [-0.39, 0.29) is 18.3 Å². The summed E-state index contributed by atoms with van der Waals surface area (Å²) in [6.45, 7) is 1.09. The highest BCUT2D eigenvalue weighted by Gasteiger charge is 2.55. The Bertz CT molecular complexity index is 862. The number of phenols is 1. The summed E-state index contributed by atoms with van der Waals surface area (Å²) in [4.78, 5) is 12.8. The molecule has 3 aliphatic heterocycles. The van der Waals surface area contributed by atoms with Crippen LogP contribution in [-0.4, -0.2) is 30.8 Å². The van der Waals surface area contributed by atoms with Crippen LogP contribution in [-0.2, 0) is 10.2 Å². The van der Waals surface area contributed by atoms with Crippen LogP contribution in [0.15, 0.2) is 30.3 Å². The summed E-state index contributed by atoms with van der Waals surface area (Å²) in [7, 11) is 0. The second-order valence-electron chi connectivity index (χ2n) is 5.84. The number of benzene rings is 2. The highest BCUT2D eigenvalue weighted by atomic mass is 16.6. The summed E-state index contributed by atoms with van der Waals surface area (Å²) < 4.78 is 17.0. The molecule has 2 aromatic carbocycles. The third-order valence-corrected chi connectivity index (χ3v) is 4.65. The highest BCUT2D eigenvalue weighted by molar-refractivity contribution is 6.10. The molecule has 0 aliphatic carbocycles. The van der Waals surface area contributed by atoms with Gasteiger partial charge in [-0.1, -0.05) is 6.07 Å². The predicted octanol–water partition coefficient (Wildman–Crippen LogP) is 1.79. The van der Waals surface area contributed by atoms with E-state index in [0.29, 0.717) is 47.3 Å². The SMILES string of the molecule is O=C1Nc2cccc(O)c2C12COc1cc3c(cc12)OCCO3. The van der Waals surface area contributed by atoms with Crippen molar-refractivity contribution >= 4 is 11.6 Å². The minimum absolute atomic E-state index is 0.0761. The minimum atomic E-state index is -1.05. The monoisotopic (exact) mass is 311 g/mol. The zero-order valence-electron chi connectivity index (χ0n) is 12.1. The number of fused-ring (bicyclic) bond motifs is 5. The number of amides is 1. The molecule has 0 saturated carbocycles. The molecule has 0 saturated heterocycles. The molecule has 2 N–H and O–H groups in total. The normalized spacial score (nSPS) is 23.2. The molecule has 23 heavy (non-hydrogen) atoms. The van der Waals surface area contributed by atoms with E-state index in [0.717, 1.165) is 0 Å². The molecular weight excluding hydrogens is 298 g/mol. The van der Waals surface area contributed by atoms with E-state index >= 15 is 0 Å². The van der Waals surface area contributed by atoms with Gasteiger partial charge in [-0.25, -0.2) is 0 Å². The number of anilines is 1. The zero-order chi connectivity index (χ0) is 15.6. The van der Waals surface area contributed by atoms with Gasteiger partial charge in [-0.15, -0.1) is 0 Å². The fraction of sp³-hybridized carbons (Fsp3) is 0.235. The molecule has 116 valence electrons. The lowest BCUT2D eigenvalue weighted by atomic mass is 9.76. The van der Waals surface area contributed by atoms with Crippen molar-refractivity contribution in [2.45, 2.75) is 5.41 Å². The number of aromatic hydroxyl groups is 1. The van der Waals surface area contributed by atoms with Crippen LogP contribution in [0, 0.1) is 0 Å². The van der Waals surface area contributed by atoms with Gasteiger partial charge in [0.2, 0.25) is 5.91 Å². The molecule has 3 aliphatic rings. The number of carbonyl (C=O) groups is 1. The fourth-order valence-corrected chi connectivity index (χ4v) is 3.62. The van der Waals surface area contributed by atoms with Crippen LogP contribution < -0.4 is 19.5 Å². The summed E-state index contributed by atoms with van der Waals surface area (Å²) in [5.74, 6) is 1.66. The first-order valence-corrected chi connectivity index (χ1v) is 7.41. The Hall–Kier alpha value is -2.89. The van der Waals surface area contributed by atoms with Gasteiger partial charge in [0, 0.05) is 22.9 Å². The van der Waals surface area contributed by atoms with Crippen molar-refractivity contribution < 1.29 is 24.1 Å². The molecule has 0 bridgehead atoms. The molecule has 0 radical (unpaired) electrons. The van der Waals surface area contributed by atoms with Crippen LogP contribution in [0.1, 0.15) is 11.1 Å². The van der Waals surface area contributed by atoms with Gasteiger partial charge >= 0.3 is 0 Å². The van der Waals surface area contributed by atoms with Crippen molar-refractivity contribution in [2.24, 2.45) is 0 Å². The Morgan fingerprint density at radius 3 is 2.65 bits per heavy atom. The Balaban J connectivity index is 1.78. The van der Waals surface area contributed by atoms with Crippen molar-refractivity contribution in [1.82, 2.24) is 0 Å². The van der Waals surface area contributed by atoms with E-state index < -0.39 is 5.41 Å². The number of hydrogen-bond acceptors (Lipinski definition) is 5. The van der Waals surface area contributed by atoms with Gasteiger partial charge in [0.25, 0.3) is 0 Å². The van der Waals surface area contributed by atoms with Gasteiger partial charge in [0.15, 0.2) is 11.5 Å². The topological polar surface area (TPSA) is 77.0 Å². The minimum Gasteiger partial charge on any atom is -0.508 e. The van der Waals surface area contributed by atoms with Crippen LogP contribution in [0.2, 0.25) is 0 Å². The largest absolute Gasteiger partial charge is 0.508 e. The molecule has 6 heteroatoms. The lowest BCUT2D eigenvalue weighted by Crippen LogP contribution is -2.37. The van der Waals surface area contributed by atoms with Crippen molar-refractivity contribution in [3.8, 4) is 23.0 Å². The van der Waals surface area contributed by atoms with Gasteiger partial charge in [-0.05, 0) is 18.2 Å². The van der Waals surface area contributed by atoms with Crippen LogP contribution in [0.5, 0.6) is 23.0 Å². The molecule has 0 aromatic heterocycles. The van der Waals surface area contributed by atoms with Gasteiger partial charge in [-0.3, -0.25) is 4.79 Å². The van der Waals surface area contributed by atoms with Crippen LogP contribution in [0.25, 0.3) is 0 Å². The molecule has 1 spiro atoms. The molecular formula is C17H13NO5.